The van der Waals surface area contributed by atoms with Gasteiger partial charge in [0.2, 0.25) is 0 Å². The highest BCUT2D eigenvalue weighted by Gasteiger charge is 2.49. The maximum Gasteiger partial charge on any atom is 0.122 e. The minimum absolute atomic E-state index is 0.314. The molecule has 1 aromatic rings. The molecule has 0 amide bonds. The van der Waals surface area contributed by atoms with Crippen molar-refractivity contribution in [3.05, 3.63) is 22.3 Å². The molecule has 2 heteroatoms. The molecule has 1 aromatic carbocycles. The van der Waals surface area contributed by atoms with Crippen LogP contribution in [-0.2, 0) is 5.41 Å². The standard InChI is InChI=1S/C17H24OS/c1-10-11(2)15-13(12(3)14(10)18)17(7-6-8-17)9-16(4,5)19-15/h18H,6-9H2,1-5H3. The molecule has 0 saturated heterocycles. The van der Waals surface area contributed by atoms with E-state index in [9.17, 15) is 5.11 Å². The second-order valence-corrected chi connectivity index (χ2v) is 8.82. The Morgan fingerprint density at radius 1 is 1.00 bits per heavy atom. The lowest BCUT2D eigenvalue weighted by Crippen LogP contribution is -2.44. The number of benzene rings is 1. The van der Waals surface area contributed by atoms with Crippen LogP contribution in [0.4, 0.5) is 0 Å². The number of hydrogen-bond donors (Lipinski definition) is 1. The summed E-state index contributed by atoms with van der Waals surface area (Å²) in [5, 5.41) is 10.4. The zero-order valence-electron chi connectivity index (χ0n) is 12.7. The fourth-order valence-electron chi connectivity index (χ4n) is 4.12. The second-order valence-electron chi connectivity index (χ2n) is 7.10. The van der Waals surface area contributed by atoms with Crippen LogP contribution in [0.1, 0.15) is 61.8 Å². The Bertz CT molecular complexity index is 553. The molecule has 1 nitrogen and oxygen atoms in total. The molecule has 0 aromatic heterocycles. The van der Waals surface area contributed by atoms with Gasteiger partial charge in [0, 0.05) is 9.64 Å². The van der Waals surface area contributed by atoms with Crippen molar-refractivity contribution < 1.29 is 5.11 Å². The number of thioether (sulfide) groups is 1. The minimum Gasteiger partial charge on any atom is -0.507 e. The molecule has 3 rings (SSSR count). The lowest BCUT2D eigenvalue weighted by atomic mass is 9.59. The van der Waals surface area contributed by atoms with Gasteiger partial charge in [0.15, 0.2) is 0 Å². The first-order valence-corrected chi connectivity index (χ1v) is 8.11. The Balaban J connectivity index is 2.31. The quantitative estimate of drug-likeness (QED) is 0.718. The summed E-state index contributed by atoms with van der Waals surface area (Å²) >= 11 is 2.02. The Labute approximate surface area is 120 Å². The number of phenols is 1. The summed E-state index contributed by atoms with van der Waals surface area (Å²) in [4.78, 5) is 1.46. The first-order valence-electron chi connectivity index (χ1n) is 7.30. The Morgan fingerprint density at radius 2 is 1.63 bits per heavy atom. The van der Waals surface area contributed by atoms with Crippen LogP contribution in [0.15, 0.2) is 4.90 Å². The monoisotopic (exact) mass is 276 g/mol. The number of hydrogen-bond acceptors (Lipinski definition) is 2. The molecule has 2 aliphatic rings. The van der Waals surface area contributed by atoms with Gasteiger partial charge in [-0.1, -0.05) is 20.3 Å². The second kappa shape index (κ2) is 3.94. The molecule has 0 unspecified atom stereocenters. The normalized spacial score (nSPS) is 23.0. The van der Waals surface area contributed by atoms with Crippen molar-refractivity contribution in [2.24, 2.45) is 0 Å². The Hall–Kier alpha value is -0.630. The van der Waals surface area contributed by atoms with Crippen molar-refractivity contribution in [3.8, 4) is 5.75 Å². The third-order valence-electron chi connectivity index (χ3n) is 5.20. The lowest BCUT2D eigenvalue weighted by Gasteiger charge is -2.52. The van der Waals surface area contributed by atoms with Crippen molar-refractivity contribution in [1.82, 2.24) is 0 Å². The van der Waals surface area contributed by atoms with E-state index in [0.717, 1.165) is 11.1 Å². The molecule has 19 heavy (non-hydrogen) atoms. The van der Waals surface area contributed by atoms with Crippen LogP contribution in [0.2, 0.25) is 0 Å². The maximum atomic E-state index is 10.4. The van der Waals surface area contributed by atoms with Gasteiger partial charge in [-0.3, -0.25) is 0 Å². The zero-order chi connectivity index (χ0) is 14.0. The van der Waals surface area contributed by atoms with Crippen LogP contribution in [0, 0.1) is 20.8 Å². The molecular formula is C17H24OS. The van der Waals surface area contributed by atoms with Gasteiger partial charge in [-0.05, 0) is 67.7 Å². The predicted octanol–water partition coefficient (Wildman–Crippen LogP) is 5.01. The molecule has 1 fully saturated rings. The van der Waals surface area contributed by atoms with Gasteiger partial charge >= 0.3 is 0 Å². The van der Waals surface area contributed by atoms with E-state index in [4.69, 9.17) is 0 Å². The van der Waals surface area contributed by atoms with E-state index in [1.807, 2.05) is 18.7 Å². The molecule has 1 N–H and O–H groups in total. The first kappa shape index (κ1) is 13.4. The van der Waals surface area contributed by atoms with Crippen LogP contribution in [0.3, 0.4) is 0 Å². The molecule has 1 spiro atoms. The summed E-state index contributed by atoms with van der Waals surface area (Å²) in [5.74, 6) is 0.530. The highest BCUT2D eigenvalue weighted by Crippen LogP contribution is 2.61. The van der Waals surface area contributed by atoms with Gasteiger partial charge in [0.25, 0.3) is 0 Å². The molecule has 1 heterocycles. The molecule has 0 atom stereocenters. The smallest absolute Gasteiger partial charge is 0.122 e. The van der Waals surface area contributed by atoms with Gasteiger partial charge in [0.1, 0.15) is 5.75 Å². The third kappa shape index (κ3) is 1.75. The van der Waals surface area contributed by atoms with Crippen LogP contribution >= 0.6 is 11.8 Å². The van der Waals surface area contributed by atoms with E-state index in [1.165, 1.54) is 41.7 Å². The molecule has 1 aliphatic carbocycles. The van der Waals surface area contributed by atoms with Crippen molar-refractivity contribution >= 4 is 11.8 Å². The Kier molecular flexibility index (Phi) is 2.77. The summed E-state index contributed by atoms with van der Waals surface area (Å²) in [7, 11) is 0. The predicted molar refractivity (Wildman–Crippen MR) is 82.4 cm³/mol. The van der Waals surface area contributed by atoms with Gasteiger partial charge in [0.05, 0.1) is 0 Å². The largest absolute Gasteiger partial charge is 0.507 e. The third-order valence-corrected chi connectivity index (χ3v) is 6.61. The van der Waals surface area contributed by atoms with Crippen LogP contribution in [0.5, 0.6) is 5.75 Å². The van der Waals surface area contributed by atoms with Crippen molar-refractivity contribution in [1.29, 1.82) is 0 Å². The van der Waals surface area contributed by atoms with Gasteiger partial charge in [-0.25, -0.2) is 0 Å². The van der Waals surface area contributed by atoms with Crippen LogP contribution in [-0.4, -0.2) is 9.85 Å². The fraction of sp³-hybridized carbons (Fsp3) is 0.647. The van der Waals surface area contributed by atoms with E-state index in [0.29, 0.717) is 15.9 Å². The number of phenolic OH excluding ortho intramolecular Hbond substituents is 1. The van der Waals surface area contributed by atoms with Gasteiger partial charge < -0.3 is 5.11 Å². The minimum atomic E-state index is 0.314. The number of aromatic hydroxyl groups is 1. The molecule has 0 bridgehead atoms. The van der Waals surface area contributed by atoms with Crippen molar-refractivity contribution in [2.45, 2.75) is 75.4 Å². The molecular weight excluding hydrogens is 252 g/mol. The van der Waals surface area contributed by atoms with E-state index in [2.05, 4.69) is 27.7 Å². The summed E-state index contributed by atoms with van der Waals surface area (Å²) in [5.41, 5.74) is 5.33. The highest BCUT2D eigenvalue weighted by molar-refractivity contribution is 8.00. The van der Waals surface area contributed by atoms with E-state index in [1.54, 1.807) is 0 Å². The summed E-state index contributed by atoms with van der Waals surface area (Å²) in [6.07, 6.45) is 5.19. The summed E-state index contributed by atoms with van der Waals surface area (Å²) in [6.45, 7) is 11.1. The molecule has 0 radical (unpaired) electrons. The van der Waals surface area contributed by atoms with E-state index in [-0.39, 0.29) is 0 Å². The Morgan fingerprint density at radius 3 is 2.16 bits per heavy atom. The average molecular weight is 276 g/mol. The molecule has 1 saturated carbocycles. The molecule has 104 valence electrons. The average Bonchev–Trinajstić information content (AvgIpc) is 2.29. The first-order chi connectivity index (χ1) is 8.77. The number of fused-ring (bicyclic) bond motifs is 2. The van der Waals surface area contributed by atoms with Gasteiger partial charge in [-0.15, -0.1) is 11.8 Å². The lowest BCUT2D eigenvalue weighted by molar-refractivity contribution is 0.198. The zero-order valence-corrected chi connectivity index (χ0v) is 13.5. The van der Waals surface area contributed by atoms with E-state index >= 15 is 0 Å². The van der Waals surface area contributed by atoms with Crippen LogP contribution < -0.4 is 0 Å². The van der Waals surface area contributed by atoms with Crippen molar-refractivity contribution in [3.63, 3.8) is 0 Å². The maximum absolute atomic E-state index is 10.4. The topological polar surface area (TPSA) is 20.2 Å². The summed E-state index contributed by atoms with van der Waals surface area (Å²) in [6, 6.07) is 0. The summed E-state index contributed by atoms with van der Waals surface area (Å²) < 4.78 is 0.314. The SMILES string of the molecule is Cc1c(C)c2c(c(C)c1O)C1(CCC1)CC(C)(C)S2. The van der Waals surface area contributed by atoms with Crippen molar-refractivity contribution in [2.75, 3.05) is 0 Å². The number of rotatable bonds is 0. The highest BCUT2D eigenvalue weighted by atomic mass is 32.2. The fourth-order valence-corrected chi connectivity index (χ4v) is 5.80. The van der Waals surface area contributed by atoms with Crippen LogP contribution in [0.25, 0.3) is 0 Å². The molecule has 1 aliphatic heterocycles. The van der Waals surface area contributed by atoms with E-state index < -0.39 is 0 Å². The van der Waals surface area contributed by atoms with Gasteiger partial charge in [-0.2, -0.15) is 0 Å².